The average molecular weight is 239 g/mol. The molecule has 0 aliphatic rings. The van der Waals surface area contributed by atoms with Crippen LogP contribution in [0.1, 0.15) is 26.3 Å². The molecule has 5 heteroatoms. The molecule has 0 radical (unpaired) electrons. The smallest absolute Gasteiger partial charge is 0.222 e. The van der Waals surface area contributed by atoms with Crippen LogP contribution in [0.25, 0.3) is 0 Å². The minimum Gasteiger partial charge on any atom is -0.472 e. The molecule has 0 fully saturated rings. The van der Waals surface area contributed by atoms with E-state index in [9.17, 15) is 0 Å². The van der Waals surface area contributed by atoms with Crippen molar-refractivity contribution in [2.45, 2.75) is 33.3 Å². The first kappa shape index (κ1) is 13.7. The van der Waals surface area contributed by atoms with E-state index in [1.165, 1.54) is 6.33 Å². The molecule has 1 heterocycles. The normalized spacial score (nSPS) is 12.2. The lowest BCUT2D eigenvalue weighted by atomic mass is 10.2. The van der Waals surface area contributed by atoms with Gasteiger partial charge in [-0.1, -0.05) is 6.92 Å². The topological polar surface area (TPSA) is 56.3 Å². The van der Waals surface area contributed by atoms with Gasteiger partial charge >= 0.3 is 0 Å². The first-order valence-corrected chi connectivity index (χ1v) is 5.98. The Morgan fingerprint density at radius 3 is 2.71 bits per heavy atom. The van der Waals surface area contributed by atoms with Gasteiger partial charge in [0.05, 0.1) is 12.2 Å². The summed E-state index contributed by atoms with van der Waals surface area (Å²) in [5.74, 6) is 1.46. The predicted molar refractivity (Wildman–Crippen MR) is 67.5 cm³/mol. The lowest BCUT2D eigenvalue weighted by Gasteiger charge is -2.17. The molecule has 96 valence electrons. The Kier molecular flexibility index (Phi) is 5.69. The third-order valence-corrected chi connectivity index (χ3v) is 2.37. The van der Waals surface area contributed by atoms with Gasteiger partial charge in [0.15, 0.2) is 0 Å². The summed E-state index contributed by atoms with van der Waals surface area (Å²) in [7, 11) is 1.84. The Bertz CT molecular complexity index is 345. The maximum Gasteiger partial charge on any atom is 0.222 e. The van der Waals surface area contributed by atoms with E-state index in [1.807, 2.05) is 20.9 Å². The van der Waals surface area contributed by atoms with Crippen molar-refractivity contribution in [3.63, 3.8) is 0 Å². The first-order valence-electron chi connectivity index (χ1n) is 5.98. The summed E-state index contributed by atoms with van der Waals surface area (Å²) in [5, 5.41) is 3.04. The van der Waals surface area contributed by atoms with E-state index in [2.05, 4.69) is 22.2 Å². The fourth-order valence-corrected chi connectivity index (χ4v) is 1.54. The molecule has 0 bridgehead atoms. The molecule has 5 nitrogen and oxygen atoms in total. The van der Waals surface area contributed by atoms with Gasteiger partial charge in [-0.05, 0) is 20.3 Å². The average Bonchev–Trinajstić information content (AvgIpc) is 2.35. The van der Waals surface area contributed by atoms with Crippen molar-refractivity contribution in [1.29, 1.82) is 0 Å². The summed E-state index contributed by atoms with van der Waals surface area (Å²) >= 11 is 0. The second-order valence-electron chi connectivity index (χ2n) is 3.70. The molecule has 0 aromatic carbocycles. The van der Waals surface area contributed by atoms with Crippen molar-refractivity contribution in [1.82, 2.24) is 9.97 Å². The Labute approximate surface area is 103 Å². The Morgan fingerprint density at radius 2 is 2.12 bits per heavy atom. The van der Waals surface area contributed by atoms with Gasteiger partial charge < -0.3 is 14.8 Å². The van der Waals surface area contributed by atoms with Gasteiger partial charge in [-0.15, -0.1) is 0 Å². The molecule has 0 amide bonds. The molecule has 0 aliphatic heterocycles. The Balaban J connectivity index is 2.75. The van der Waals surface area contributed by atoms with Crippen LogP contribution in [0.5, 0.6) is 5.88 Å². The van der Waals surface area contributed by atoms with Crippen molar-refractivity contribution in [3.8, 4) is 5.88 Å². The van der Waals surface area contributed by atoms with E-state index in [-0.39, 0.29) is 6.10 Å². The highest BCUT2D eigenvalue weighted by molar-refractivity contribution is 5.48. The molecule has 1 rings (SSSR count). The largest absolute Gasteiger partial charge is 0.472 e. The lowest BCUT2D eigenvalue weighted by molar-refractivity contribution is 0.0628. The van der Waals surface area contributed by atoms with Crippen LogP contribution in [-0.4, -0.2) is 36.3 Å². The zero-order valence-corrected chi connectivity index (χ0v) is 11.0. The highest BCUT2D eigenvalue weighted by Crippen LogP contribution is 2.22. The number of anilines is 1. The molecule has 0 saturated carbocycles. The Hall–Kier alpha value is -1.36. The van der Waals surface area contributed by atoms with Crippen LogP contribution in [0.15, 0.2) is 6.33 Å². The van der Waals surface area contributed by atoms with Crippen LogP contribution in [0.2, 0.25) is 0 Å². The maximum atomic E-state index is 5.76. The van der Waals surface area contributed by atoms with Crippen molar-refractivity contribution in [2.75, 3.05) is 25.6 Å². The van der Waals surface area contributed by atoms with Gasteiger partial charge in [-0.25, -0.2) is 9.97 Å². The van der Waals surface area contributed by atoms with E-state index in [0.717, 1.165) is 17.8 Å². The first-order chi connectivity index (χ1) is 8.22. The number of hydrogen-bond donors (Lipinski definition) is 1. The number of nitrogens with one attached hydrogen (secondary N) is 1. The highest BCUT2D eigenvalue weighted by atomic mass is 16.5. The van der Waals surface area contributed by atoms with Gasteiger partial charge in [0, 0.05) is 13.7 Å². The minimum atomic E-state index is -0.0140. The fraction of sp³-hybridized carbons (Fsp3) is 0.667. The zero-order valence-electron chi connectivity index (χ0n) is 11.0. The van der Waals surface area contributed by atoms with Crippen LogP contribution in [0.4, 0.5) is 5.82 Å². The number of hydrogen-bond acceptors (Lipinski definition) is 5. The van der Waals surface area contributed by atoms with E-state index in [4.69, 9.17) is 9.47 Å². The molecule has 0 saturated heterocycles. The number of nitrogens with zero attached hydrogens (tertiary/aromatic N) is 2. The molecular weight excluding hydrogens is 218 g/mol. The quantitative estimate of drug-likeness (QED) is 0.787. The summed E-state index contributed by atoms with van der Waals surface area (Å²) in [6.07, 6.45) is 2.32. The van der Waals surface area contributed by atoms with Gasteiger partial charge in [0.2, 0.25) is 5.88 Å². The van der Waals surface area contributed by atoms with Crippen molar-refractivity contribution in [2.24, 2.45) is 0 Å². The number of aromatic nitrogens is 2. The van der Waals surface area contributed by atoms with Crippen molar-refractivity contribution < 1.29 is 9.47 Å². The molecular formula is C12H21N3O2. The fourth-order valence-electron chi connectivity index (χ4n) is 1.54. The van der Waals surface area contributed by atoms with Gasteiger partial charge in [0.25, 0.3) is 0 Å². The Morgan fingerprint density at radius 1 is 1.35 bits per heavy atom. The second-order valence-corrected chi connectivity index (χ2v) is 3.70. The van der Waals surface area contributed by atoms with Gasteiger partial charge in [-0.2, -0.15) is 0 Å². The third kappa shape index (κ3) is 3.85. The van der Waals surface area contributed by atoms with Gasteiger partial charge in [-0.3, -0.25) is 0 Å². The molecule has 17 heavy (non-hydrogen) atoms. The van der Waals surface area contributed by atoms with Gasteiger partial charge in [0.1, 0.15) is 18.2 Å². The summed E-state index contributed by atoms with van der Waals surface area (Å²) in [4.78, 5) is 8.34. The number of rotatable bonds is 7. The lowest BCUT2D eigenvalue weighted by Crippen LogP contribution is -2.20. The van der Waals surface area contributed by atoms with E-state index in [0.29, 0.717) is 19.1 Å². The molecule has 1 aromatic heterocycles. The zero-order chi connectivity index (χ0) is 12.7. The van der Waals surface area contributed by atoms with E-state index in [1.54, 1.807) is 0 Å². The summed E-state index contributed by atoms with van der Waals surface area (Å²) in [6.45, 7) is 7.25. The monoisotopic (exact) mass is 239 g/mol. The third-order valence-electron chi connectivity index (χ3n) is 2.37. The summed E-state index contributed by atoms with van der Waals surface area (Å²) < 4.78 is 11.1. The van der Waals surface area contributed by atoms with Crippen LogP contribution in [0, 0.1) is 0 Å². The molecule has 1 aromatic rings. The van der Waals surface area contributed by atoms with Crippen LogP contribution in [-0.2, 0) is 11.2 Å². The standard InChI is InChI=1S/C12H21N3O2/c1-5-10-11(13-4)14-8-15-12(10)17-9(3)7-16-6-2/h8-9H,5-7H2,1-4H3,(H,13,14,15). The van der Waals surface area contributed by atoms with Crippen molar-refractivity contribution in [3.05, 3.63) is 11.9 Å². The second kappa shape index (κ2) is 7.06. The van der Waals surface area contributed by atoms with Crippen LogP contribution < -0.4 is 10.1 Å². The summed E-state index contributed by atoms with van der Waals surface area (Å²) in [6, 6.07) is 0. The number of ether oxygens (including phenoxy) is 2. The SMILES string of the molecule is CCOCC(C)Oc1ncnc(NC)c1CC. The molecule has 0 aliphatic carbocycles. The van der Waals surface area contributed by atoms with Crippen LogP contribution in [0.3, 0.4) is 0 Å². The molecule has 0 spiro atoms. The maximum absolute atomic E-state index is 5.76. The molecule has 1 N–H and O–H groups in total. The molecule has 1 atom stereocenters. The predicted octanol–water partition coefficient (Wildman–Crippen LogP) is 1.88. The van der Waals surface area contributed by atoms with Crippen molar-refractivity contribution >= 4 is 5.82 Å². The van der Waals surface area contributed by atoms with E-state index >= 15 is 0 Å². The minimum absolute atomic E-state index is 0.0140. The van der Waals surface area contributed by atoms with E-state index < -0.39 is 0 Å². The van der Waals surface area contributed by atoms with Crippen LogP contribution >= 0.6 is 0 Å². The highest BCUT2D eigenvalue weighted by Gasteiger charge is 2.12. The summed E-state index contributed by atoms with van der Waals surface area (Å²) in [5.41, 5.74) is 0.998. The molecule has 1 unspecified atom stereocenters.